The number of hydrogen-bond acceptors (Lipinski definition) is 2. The molecule has 0 aliphatic carbocycles. The molecule has 18 heavy (non-hydrogen) atoms. The van der Waals surface area contributed by atoms with Crippen LogP contribution in [0.25, 0.3) is 0 Å². The van der Waals surface area contributed by atoms with Crippen molar-refractivity contribution in [1.29, 1.82) is 0 Å². The summed E-state index contributed by atoms with van der Waals surface area (Å²) >= 11 is 0. The minimum absolute atomic E-state index is 0.415. The Labute approximate surface area is 109 Å². The molecular formula is C16H20N2. The SMILES string of the molecule is CCNC(CCc1ccccc1)c1ccncc1. The highest BCUT2D eigenvalue weighted by molar-refractivity contribution is 5.18. The van der Waals surface area contributed by atoms with Gasteiger partial charge in [0.25, 0.3) is 0 Å². The number of rotatable bonds is 6. The predicted molar refractivity (Wildman–Crippen MR) is 75.4 cm³/mol. The second kappa shape index (κ2) is 6.92. The van der Waals surface area contributed by atoms with Crippen LogP contribution in [-0.2, 0) is 6.42 Å². The second-order valence-corrected chi connectivity index (χ2v) is 4.42. The van der Waals surface area contributed by atoms with Gasteiger partial charge in [-0.2, -0.15) is 0 Å². The van der Waals surface area contributed by atoms with Crippen molar-refractivity contribution in [3.63, 3.8) is 0 Å². The lowest BCUT2D eigenvalue weighted by atomic mass is 10.00. The van der Waals surface area contributed by atoms with Crippen molar-refractivity contribution < 1.29 is 0 Å². The van der Waals surface area contributed by atoms with Crippen molar-refractivity contribution in [3.05, 3.63) is 66.0 Å². The van der Waals surface area contributed by atoms with E-state index in [9.17, 15) is 0 Å². The summed E-state index contributed by atoms with van der Waals surface area (Å²) in [5.74, 6) is 0. The molecule has 2 rings (SSSR count). The van der Waals surface area contributed by atoms with E-state index >= 15 is 0 Å². The molecule has 0 fully saturated rings. The zero-order chi connectivity index (χ0) is 12.6. The molecule has 1 unspecified atom stereocenters. The molecule has 0 spiro atoms. The molecule has 94 valence electrons. The summed E-state index contributed by atoms with van der Waals surface area (Å²) in [6.45, 7) is 3.14. The number of aromatic nitrogens is 1. The first-order valence-electron chi connectivity index (χ1n) is 6.57. The second-order valence-electron chi connectivity index (χ2n) is 4.42. The van der Waals surface area contributed by atoms with Gasteiger partial charge in [-0.25, -0.2) is 0 Å². The van der Waals surface area contributed by atoms with Gasteiger partial charge in [0.15, 0.2) is 0 Å². The molecule has 2 aromatic rings. The molecule has 0 saturated heterocycles. The van der Waals surface area contributed by atoms with Crippen LogP contribution in [0.15, 0.2) is 54.9 Å². The predicted octanol–water partition coefficient (Wildman–Crippen LogP) is 3.37. The minimum atomic E-state index is 0.415. The van der Waals surface area contributed by atoms with Gasteiger partial charge in [-0.3, -0.25) is 4.98 Å². The number of benzene rings is 1. The van der Waals surface area contributed by atoms with Crippen LogP contribution in [0.5, 0.6) is 0 Å². The van der Waals surface area contributed by atoms with E-state index in [1.807, 2.05) is 12.4 Å². The van der Waals surface area contributed by atoms with Crippen LogP contribution in [0, 0.1) is 0 Å². The van der Waals surface area contributed by atoms with Gasteiger partial charge in [0, 0.05) is 18.4 Å². The lowest BCUT2D eigenvalue weighted by molar-refractivity contribution is 0.515. The highest BCUT2D eigenvalue weighted by Crippen LogP contribution is 2.18. The summed E-state index contributed by atoms with van der Waals surface area (Å²) in [5.41, 5.74) is 2.72. The average Bonchev–Trinajstić information content (AvgIpc) is 2.45. The summed E-state index contributed by atoms with van der Waals surface area (Å²) in [6, 6.07) is 15.3. The number of hydrogen-bond donors (Lipinski definition) is 1. The van der Waals surface area contributed by atoms with Crippen molar-refractivity contribution in [1.82, 2.24) is 10.3 Å². The molecule has 1 N–H and O–H groups in total. The first-order valence-corrected chi connectivity index (χ1v) is 6.57. The third-order valence-corrected chi connectivity index (χ3v) is 3.12. The number of nitrogens with zero attached hydrogens (tertiary/aromatic N) is 1. The van der Waals surface area contributed by atoms with Crippen LogP contribution in [0.3, 0.4) is 0 Å². The molecule has 2 heteroatoms. The van der Waals surface area contributed by atoms with Gasteiger partial charge >= 0.3 is 0 Å². The third kappa shape index (κ3) is 3.67. The Balaban J connectivity index is 1.99. The molecule has 0 aliphatic heterocycles. The number of aryl methyl sites for hydroxylation is 1. The van der Waals surface area contributed by atoms with Gasteiger partial charge in [-0.1, -0.05) is 37.3 Å². The Morgan fingerprint density at radius 2 is 1.78 bits per heavy atom. The standard InChI is InChI=1S/C16H20N2/c1-2-18-16(15-10-12-17-13-11-15)9-8-14-6-4-3-5-7-14/h3-7,10-13,16,18H,2,8-9H2,1H3. The van der Waals surface area contributed by atoms with E-state index in [1.54, 1.807) is 0 Å². The van der Waals surface area contributed by atoms with Gasteiger partial charge in [0.05, 0.1) is 0 Å². The quantitative estimate of drug-likeness (QED) is 0.837. The molecule has 0 aliphatic rings. The summed E-state index contributed by atoms with van der Waals surface area (Å²) in [7, 11) is 0. The zero-order valence-electron chi connectivity index (χ0n) is 10.8. The van der Waals surface area contributed by atoms with E-state index < -0.39 is 0 Å². The molecule has 1 aromatic carbocycles. The zero-order valence-corrected chi connectivity index (χ0v) is 10.8. The van der Waals surface area contributed by atoms with Crippen molar-refractivity contribution in [2.75, 3.05) is 6.54 Å². The lowest BCUT2D eigenvalue weighted by Crippen LogP contribution is -2.21. The van der Waals surface area contributed by atoms with E-state index in [2.05, 4.69) is 59.7 Å². The van der Waals surface area contributed by atoms with Crippen LogP contribution in [-0.4, -0.2) is 11.5 Å². The molecule has 0 bridgehead atoms. The summed E-state index contributed by atoms with van der Waals surface area (Å²) in [6.07, 6.45) is 5.94. The smallest absolute Gasteiger partial charge is 0.0324 e. The first-order chi connectivity index (χ1) is 8.90. The van der Waals surface area contributed by atoms with Gasteiger partial charge in [-0.15, -0.1) is 0 Å². The first kappa shape index (κ1) is 12.8. The topological polar surface area (TPSA) is 24.9 Å². The molecule has 1 aromatic heterocycles. The Kier molecular flexibility index (Phi) is 4.91. The van der Waals surface area contributed by atoms with Gasteiger partial charge < -0.3 is 5.32 Å². The lowest BCUT2D eigenvalue weighted by Gasteiger charge is -2.18. The monoisotopic (exact) mass is 240 g/mol. The Morgan fingerprint density at radius 1 is 1.06 bits per heavy atom. The fraction of sp³-hybridized carbons (Fsp3) is 0.312. The maximum Gasteiger partial charge on any atom is 0.0324 e. The highest BCUT2D eigenvalue weighted by Gasteiger charge is 2.09. The van der Waals surface area contributed by atoms with Crippen molar-refractivity contribution >= 4 is 0 Å². The normalized spacial score (nSPS) is 12.3. The largest absolute Gasteiger partial charge is 0.310 e. The Hall–Kier alpha value is -1.67. The highest BCUT2D eigenvalue weighted by atomic mass is 14.9. The van der Waals surface area contributed by atoms with Gasteiger partial charge in [-0.05, 0) is 42.6 Å². The van der Waals surface area contributed by atoms with E-state index in [0.717, 1.165) is 19.4 Å². The molecule has 0 amide bonds. The van der Waals surface area contributed by atoms with Crippen LogP contribution < -0.4 is 5.32 Å². The summed E-state index contributed by atoms with van der Waals surface area (Å²) in [5, 5.41) is 3.54. The molecule has 1 atom stereocenters. The molecule has 1 heterocycles. The number of pyridine rings is 1. The fourth-order valence-corrected chi connectivity index (χ4v) is 2.18. The van der Waals surface area contributed by atoms with Crippen LogP contribution in [0.4, 0.5) is 0 Å². The Morgan fingerprint density at radius 3 is 2.44 bits per heavy atom. The molecular weight excluding hydrogens is 220 g/mol. The van der Waals surface area contributed by atoms with Crippen molar-refractivity contribution in [2.45, 2.75) is 25.8 Å². The summed E-state index contributed by atoms with van der Waals surface area (Å²) < 4.78 is 0. The van der Waals surface area contributed by atoms with E-state index in [-0.39, 0.29) is 0 Å². The maximum atomic E-state index is 4.08. The van der Waals surface area contributed by atoms with Crippen LogP contribution in [0.1, 0.15) is 30.5 Å². The third-order valence-electron chi connectivity index (χ3n) is 3.12. The van der Waals surface area contributed by atoms with Crippen molar-refractivity contribution in [3.8, 4) is 0 Å². The van der Waals surface area contributed by atoms with Gasteiger partial charge in [0.1, 0.15) is 0 Å². The molecule has 2 nitrogen and oxygen atoms in total. The molecule has 0 radical (unpaired) electrons. The average molecular weight is 240 g/mol. The number of nitrogens with one attached hydrogen (secondary N) is 1. The molecule has 0 saturated carbocycles. The van der Waals surface area contributed by atoms with Crippen LogP contribution in [0.2, 0.25) is 0 Å². The van der Waals surface area contributed by atoms with Crippen LogP contribution >= 0.6 is 0 Å². The fourth-order valence-electron chi connectivity index (χ4n) is 2.18. The van der Waals surface area contributed by atoms with E-state index in [4.69, 9.17) is 0 Å². The van der Waals surface area contributed by atoms with Crippen molar-refractivity contribution in [2.24, 2.45) is 0 Å². The van der Waals surface area contributed by atoms with Gasteiger partial charge in [0.2, 0.25) is 0 Å². The van der Waals surface area contributed by atoms with E-state index in [1.165, 1.54) is 11.1 Å². The maximum absolute atomic E-state index is 4.08. The van der Waals surface area contributed by atoms with E-state index in [0.29, 0.717) is 6.04 Å². The summed E-state index contributed by atoms with van der Waals surface area (Å²) in [4.78, 5) is 4.08. The Bertz CT molecular complexity index is 439. The minimum Gasteiger partial charge on any atom is -0.310 e.